The summed E-state index contributed by atoms with van der Waals surface area (Å²) in [5.41, 5.74) is -5.46. The standard InChI is InChI=1S/C13H17F3N2O4S2/c1-2-23(19,20)18-9-7-17(8-10-18)11-5-3-4-6-12(11)24(21,22)13(14,15)16/h3-6H,2,7-10H2,1H3. The lowest BCUT2D eigenvalue weighted by molar-refractivity contribution is -0.0435. The van der Waals surface area contributed by atoms with Crippen LogP contribution in [0.25, 0.3) is 0 Å². The van der Waals surface area contributed by atoms with E-state index in [0.717, 1.165) is 6.07 Å². The fourth-order valence-electron chi connectivity index (χ4n) is 2.46. The van der Waals surface area contributed by atoms with E-state index in [-0.39, 0.29) is 37.6 Å². The van der Waals surface area contributed by atoms with Crippen molar-refractivity contribution >= 4 is 25.5 Å². The number of sulfonamides is 1. The first-order chi connectivity index (χ1) is 11.0. The van der Waals surface area contributed by atoms with E-state index in [1.165, 1.54) is 34.3 Å². The molecule has 0 unspecified atom stereocenters. The van der Waals surface area contributed by atoms with Gasteiger partial charge in [0.2, 0.25) is 10.0 Å². The number of rotatable bonds is 4. The van der Waals surface area contributed by atoms with Gasteiger partial charge in [-0.2, -0.15) is 17.5 Å². The molecule has 0 radical (unpaired) electrons. The Hall–Kier alpha value is -1.33. The number of anilines is 1. The molecule has 1 aromatic rings. The normalized spacial score (nSPS) is 17.9. The predicted molar refractivity (Wildman–Crippen MR) is 82.9 cm³/mol. The quantitative estimate of drug-likeness (QED) is 0.783. The molecule has 2 rings (SSSR count). The van der Waals surface area contributed by atoms with Gasteiger partial charge >= 0.3 is 5.51 Å². The number of hydrogen-bond donors (Lipinski definition) is 0. The van der Waals surface area contributed by atoms with Crippen molar-refractivity contribution in [2.24, 2.45) is 0 Å². The first kappa shape index (κ1) is 19.0. The highest BCUT2D eigenvalue weighted by Gasteiger charge is 2.48. The van der Waals surface area contributed by atoms with Crippen molar-refractivity contribution in [3.8, 4) is 0 Å². The zero-order valence-corrected chi connectivity index (χ0v) is 14.5. The summed E-state index contributed by atoms with van der Waals surface area (Å²) >= 11 is 0. The maximum atomic E-state index is 12.8. The van der Waals surface area contributed by atoms with E-state index in [0.29, 0.717) is 0 Å². The SMILES string of the molecule is CCS(=O)(=O)N1CCN(c2ccccc2S(=O)(=O)C(F)(F)F)CC1. The Labute approximate surface area is 138 Å². The Balaban J connectivity index is 2.31. The van der Waals surface area contributed by atoms with E-state index in [9.17, 15) is 30.0 Å². The molecule has 1 saturated heterocycles. The van der Waals surface area contributed by atoms with Gasteiger partial charge in [-0.15, -0.1) is 0 Å². The van der Waals surface area contributed by atoms with Crippen LogP contribution in [0.5, 0.6) is 0 Å². The smallest absolute Gasteiger partial charge is 0.368 e. The van der Waals surface area contributed by atoms with Crippen LogP contribution in [0.1, 0.15) is 6.92 Å². The third-order valence-corrected chi connectivity index (χ3v) is 7.21. The molecule has 0 atom stereocenters. The van der Waals surface area contributed by atoms with Crippen LogP contribution < -0.4 is 4.90 Å². The number of para-hydroxylation sites is 1. The summed E-state index contributed by atoms with van der Waals surface area (Å²) in [5.74, 6) is -0.0635. The molecular formula is C13H17F3N2O4S2. The van der Waals surface area contributed by atoms with Crippen LogP contribution in [-0.4, -0.2) is 58.6 Å². The molecule has 6 nitrogen and oxygen atoms in total. The van der Waals surface area contributed by atoms with E-state index in [1.54, 1.807) is 0 Å². The minimum absolute atomic E-state index is 0.0635. The van der Waals surface area contributed by atoms with Crippen LogP contribution in [0, 0.1) is 0 Å². The zero-order valence-electron chi connectivity index (χ0n) is 12.8. The summed E-state index contributed by atoms with van der Waals surface area (Å²) < 4.78 is 86.9. The first-order valence-corrected chi connectivity index (χ1v) is 10.2. The van der Waals surface area contributed by atoms with Crippen molar-refractivity contribution in [3.63, 3.8) is 0 Å². The molecule has 0 saturated carbocycles. The molecule has 11 heteroatoms. The lowest BCUT2D eigenvalue weighted by Crippen LogP contribution is -2.49. The van der Waals surface area contributed by atoms with Gasteiger partial charge in [0.1, 0.15) is 0 Å². The fraction of sp³-hybridized carbons (Fsp3) is 0.538. The van der Waals surface area contributed by atoms with E-state index < -0.39 is 30.3 Å². The number of sulfone groups is 1. The molecule has 24 heavy (non-hydrogen) atoms. The Morgan fingerprint density at radius 2 is 1.54 bits per heavy atom. The monoisotopic (exact) mass is 386 g/mol. The summed E-state index contributed by atoms with van der Waals surface area (Å²) in [6.07, 6.45) is 0. The highest BCUT2D eigenvalue weighted by molar-refractivity contribution is 7.92. The molecule has 1 fully saturated rings. The van der Waals surface area contributed by atoms with Crippen molar-refractivity contribution in [1.29, 1.82) is 0 Å². The van der Waals surface area contributed by atoms with Crippen LogP contribution in [0.2, 0.25) is 0 Å². The average Bonchev–Trinajstić information content (AvgIpc) is 2.54. The summed E-state index contributed by atoms with van der Waals surface area (Å²) in [6.45, 7) is 1.92. The first-order valence-electron chi connectivity index (χ1n) is 7.14. The van der Waals surface area contributed by atoms with Gasteiger partial charge in [-0.3, -0.25) is 0 Å². The van der Waals surface area contributed by atoms with Gasteiger partial charge in [0.05, 0.1) is 16.3 Å². The molecule has 0 N–H and O–H groups in total. The van der Waals surface area contributed by atoms with Crippen LogP contribution in [-0.2, 0) is 19.9 Å². The number of benzene rings is 1. The maximum absolute atomic E-state index is 12.8. The van der Waals surface area contributed by atoms with Crippen molar-refractivity contribution in [3.05, 3.63) is 24.3 Å². The second-order valence-electron chi connectivity index (χ2n) is 5.20. The Morgan fingerprint density at radius 1 is 1.00 bits per heavy atom. The second-order valence-corrected chi connectivity index (χ2v) is 9.37. The molecule has 0 aromatic heterocycles. The number of nitrogens with zero attached hydrogens (tertiary/aromatic N) is 2. The fourth-order valence-corrected chi connectivity index (χ4v) is 4.52. The largest absolute Gasteiger partial charge is 0.501 e. The zero-order chi connectivity index (χ0) is 18.2. The van der Waals surface area contributed by atoms with Gasteiger partial charge in [0.15, 0.2) is 0 Å². The number of hydrogen-bond acceptors (Lipinski definition) is 5. The molecular weight excluding hydrogens is 369 g/mol. The molecule has 1 aromatic carbocycles. The van der Waals surface area contributed by atoms with Crippen LogP contribution >= 0.6 is 0 Å². The van der Waals surface area contributed by atoms with Gasteiger partial charge in [-0.05, 0) is 19.1 Å². The second kappa shape index (κ2) is 6.52. The molecule has 0 spiro atoms. The Bertz CT molecular complexity index is 799. The van der Waals surface area contributed by atoms with E-state index >= 15 is 0 Å². The highest BCUT2D eigenvalue weighted by atomic mass is 32.2. The van der Waals surface area contributed by atoms with Gasteiger partial charge in [0.25, 0.3) is 9.84 Å². The number of alkyl halides is 3. The molecule has 0 aliphatic carbocycles. The molecule has 136 valence electrons. The van der Waals surface area contributed by atoms with E-state index in [4.69, 9.17) is 0 Å². The van der Waals surface area contributed by atoms with Gasteiger partial charge in [0, 0.05) is 26.2 Å². The molecule has 0 bridgehead atoms. The van der Waals surface area contributed by atoms with Crippen molar-refractivity contribution < 1.29 is 30.0 Å². The molecule has 1 aliphatic heterocycles. The predicted octanol–water partition coefficient (Wildman–Crippen LogP) is 1.45. The van der Waals surface area contributed by atoms with Gasteiger partial charge in [-0.1, -0.05) is 12.1 Å². The van der Waals surface area contributed by atoms with Crippen molar-refractivity contribution in [2.75, 3.05) is 36.8 Å². The Kier molecular flexibility index (Phi) is 5.17. The van der Waals surface area contributed by atoms with Crippen LogP contribution in [0.15, 0.2) is 29.2 Å². The van der Waals surface area contributed by atoms with Crippen molar-refractivity contribution in [1.82, 2.24) is 4.31 Å². The number of piperazine rings is 1. The molecule has 0 amide bonds. The average molecular weight is 386 g/mol. The molecule has 1 aliphatic rings. The number of halogens is 3. The summed E-state index contributed by atoms with van der Waals surface area (Å²) in [6, 6.07) is 4.87. The third kappa shape index (κ3) is 3.52. The highest BCUT2D eigenvalue weighted by Crippen LogP contribution is 2.36. The topological polar surface area (TPSA) is 74.8 Å². The summed E-state index contributed by atoms with van der Waals surface area (Å²) in [7, 11) is -8.86. The summed E-state index contributed by atoms with van der Waals surface area (Å²) in [4.78, 5) is 0.643. The lowest BCUT2D eigenvalue weighted by atomic mass is 10.2. The van der Waals surface area contributed by atoms with Gasteiger partial charge in [-0.25, -0.2) is 16.8 Å². The maximum Gasteiger partial charge on any atom is 0.501 e. The van der Waals surface area contributed by atoms with Crippen LogP contribution in [0.3, 0.4) is 0 Å². The van der Waals surface area contributed by atoms with Crippen LogP contribution in [0.4, 0.5) is 18.9 Å². The molecule has 1 heterocycles. The minimum atomic E-state index is -5.48. The lowest BCUT2D eigenvalue weighted by Gasteiger charge is -2.36. The Morgan fingerprint density at radius 3 is 2.04 bits per heavy atom. The summed E-state index contributed by atoms with van der Waals surface area (Å²) in [5, 5.41) is 0. The van der Waals surface area contributed by atoms with E-state index in [2.05, 4.69) is 0 Å². The third-order valence-electron chi connectivity index (χ3n) is 3.80. The van der Waals surface area contributed by atoms with Gasteiger partial charge < -0.3 is 4.90 Å². The van der Waals surface area contributed by atoms with Crippen molar-refractivity contribution in [2.45, 2.75) is 17.3 Å². The van der Waals surface area contributed by atoms with E-state index in [1.807, 2.05) is 0 Å². The minimum Gasteiger partial charge on any atom is -0.368 e.